The summed E-state index contributed by atoms with van der Waals surface area (Å²) in [5.41, 5.74) is 2.14. The molecule has 0 aromatic heterocycles. The molecule has 9 heteroatoms. The Morgan fingerprint density at radius 1 is 1.00 bits per heavy atom. The summed E-state index contributed by atoms with van der Waals surface area (Å²) in [6, 6.07) is 0. The van der Waals surface area contributed by atoms with Gasteiger partial charge in [-0.1, -0.05) is 39.0 Å². The van der Waals surface area contributed by atoms with Crippen LogP contribution in [0.1, 0.15) is 79.6 Å². The Balaban J connectivity index is 0.000000132. The van der Waals surface area contributed by atoms with Crippen LogP contribution in [-0.4, -0.2) is 82.7 Å². The van der Waals surface area contributed by atoms with Gasteiger partial charge < -0.3 is 33.5 Å². The van der Waals surface area contributed by atoms with E-state index in [-0.39, 0.29) is 71.2 Å². The molecule has 0 amide bonds. The van der Waals surface area contributed by atoms with E-state index in [1.165, 1.54) is 5.57 Å². The lowest BCUT2D eigenvalue weighted by molar-refractivity contribution is -0.140. The summed E-state index contributed by atoms with van der Waals surface area (Å²) in [5, 5.41) is 11.4. The lowest BCUT2D eigenvalue weighted by Gasteiger charge is -2.53. The van der Waals surface area contributed by atoms with Crippen molar-refractivity contribution in [2.75, 3.05) is 6.61 Å². The first-order valence-electron chi connectivity index (χ1n) is 16.7. The second-order valence-corrected chi connectivity index (χ2v) is 15.9. The maximum Gasteiger partial charge on any atom is 0.334 e. The Hall–Kier alpha value is -2.04. The number of rotatable bonds is 1. The molecule has 7 fully saturated rings. The maximum atomic E-state index is 12.1. The van der Waals surface area contributed by atoms with Gasteiger partial charge in [-0.15, -0.1) is 0 Å². The van der Waals surface area contributed by atoms with Crippen LogP contribution in [0, 0.1) is 23.2 Å². The Morgan fingerprint density at radius 2 is 1.80 bits per heavy atom. The standard InChI is InChI=1S/C20H24O6.C15H20O3/c1-8(2)18-13(25-18)14-20(26-14)17(3)5-4-9-10(7-23-15(9)21)11(17)6-12-19(20,24-12)16(18)22;1-9-5-4-8-15(3)13(18-15)12-11(7-6-9)10(2)14(16)17-12/h8,11-14,16,22H,4-7H2,1-3H3;5,11-13H,2,4,6-8H2,1,3H3/b;9-5+/t11-,12-,13-,14-,16+,17-,18-,19+,20+;11-,12-,13+,15+/m00/s1. The summed E-state index contributed by atoms with van der Waals surface area (Å²) in [6.07, 6.45) is 7.96. The minimum Gasteiger partial charge on any atom is -0.458 e. The Morgan fingerprint density at radius 3 is 2.57 bits per heavy atom. The number of aliphatic hydroxyl groups is 1. The minimum absolute atomic E-state index is 0.00808. The van der Waals surface area contributed by atoms with Crippen LogP contribution in [0.15, 0.2) is 34.9 Å². The molecule has 5 saturated heterocycles. The monoisotopic (exact) mass is 608 g/mol. The van der Waals surface area contributed by atoms with Crippen molar-refractivity contribution in [3.05, 3.63) is 34.9 Å². The normalized spacial score (nSPS) is 56.3. The second-order valence-electron chi connectivity index (χ2n) is 15.9. The number of allylic oxidation sites excluding steroid dienone is 2. The zero-order valence-electron chi connectivity index (χ0n) is 26.4. The highest BCUT2D eigenvalue weighted by Gasteiger charge is 3.00. The van der Waals surface area contributed by atoms with Gasteiger partial charge in [-0.25, -0.2) is 9.59 Å². The molecular weight excluding hydrogens is 564 g/mol. The molecule has 0 bridgehead atoms. The topological polar surface area (TPSA) is 123 Å². The van der Waals surface area contributed by atoms with E-state index >= 15 is 0 Å². The van der Waals surface area contributed by atoms with Crippen molar-refractivity contribution in [2.45, 2.75) is 139 Å². The summed E-state index contributed by atoms with van der Waals surface area (Å²) in [4.78, 5) is 23.8. The van der Waals surface area contributed by atoms with Crippen LogP contribution < -0.4 is 0 Å². The fraction of sp³-hybridized carbons (Fsp3) is 0.771. The van der Waals surface area contributed by atoms with Crippen molar-refractivity contribution < 1.29 is 43.1 Å². The summed E-state index contributed by atoms with van der Waals surface area (Å²) >= 11 is 0. The number of fused-ring (bicyclic) bond motifs is 7. The zero-order chi connectivity index (χ0) is 30.8. The SMILES string of the molecule is C=C1C(=O)O[C@@H]2[C@H]3O[C@]3(C)CC/C=C(\C)CC[C@@H]12.CC(C)[C@]12O[C@H]1[C@@H]1O[C@]13[C@]1(O[C@H]1C[C@H]1C4=C(CC[C@@]13C)C(=O)OC4)[C@@H]2O. The van der Waals surface area contributed by atoms with E-state index in [9.17, 15) is 14.7 Å². The number of ether oxygens (including phenoxy) is 6. The largest absolute Gasteiger partial charge is 0.458 e. The predicted octanol–water partition coefficient (Wildman–Crippen LogP) is 3.87. The highest BCUT2D eigenvalue weighted by molar-refractivity contribution is 5.92. The van der Waals surface area contributed by atoms with Crippen LogP contribution in [0.5, 0.6) is 0 Å². The van der Waals surface area contributed by atoms with Gasteiger partial charge in [-0.2, -0.15) is 0 Å². The molecule has 6 aliphatic heterocycles. The van der Waals surface area contributed by atoms with Crippen molar-refractivity contribution in [3.63, 3.8) is 0 Å². The van der Waals surface area contributed by atoms with Gasteiger partial charge in [-0.3, -0.25) is 0 Å². The molecule has 238 valence electrons. The van der Waals surface area contributed by atoms with E-state index in [4.69, 9.17) is 28.4 Å². The summed E-state index contributed by atoms with van der Waals surface area (Å²) in [5.74, 6) is 0.195. The highest BCUT2D eigenvalue weighted by atomic mass is 16.7. The van der Waals surface area contributed by atoms with Crippen molar-refractivity contribution in [1.29, 1.82) is 0 Å². The highest BCUT2D eigenvalue weighted by Crippen LogP contribution is 2.82. The quantitative estimate of drug-likeness (QED) is 0.205. The predicted molar refractivity (Wildman–Crippen MR) is 155 cm³/mol. The molecule has 1 N–H and O–H groups in total. The number of hydrogen-bond donors (Lipinski definition) is 1. The van der Waals surface area contributed by atoms with Gasteiger partial charge in [-0.05, 0) is 76.2 Å². The van der Waals surface area contributed by atoms with Crippen LogP contribution in [0.3, 0.4) is 0 Å². The maximum absolute atomic E-state index is 12.1. The fourth-order valence-corrected chi connectivity index (χ4v) is 10.9. The van der Waals surface area contributed by atoms with E-state index in [1.807, 2.05) is 0 Å². The van der Waals surface area contributed by atoms with Crippen molar-refractivity contribution in [1.82, 2.24) is 0 Å². The molecule has 10 rings (SSSR count). The van der Waals surface area contributed by atoms with E-state index in [2.05, 4.69) is 47.3 Å². The molecule has 0 aromatic carbocycles. The molecule has 0 unspecified atom stereocenters. The van der Waals surface area contributed by atoms with Crippen molar-refractivity contribution >= 4 is 11.9 Å². The van der Waals surface area contributed by atoms with Crippen LogP contribution in [-0.2, 0) is 38.0 Å². The first kappa shape index (κ1) is 28.2. The average molecular weight is 609 g/mol. The van der Waals surface area contributed by atoms with Gasteiger partial charge in [0, 0.05) is 22.5 Å². The Kier molecular flexibility index (Phi) is 5.42. The van der Waals surface area contributed by atoms with Crippen LogP contribution in [0.25, 0.3) is 0 Å². The molecule has 6 heterocycles. The minimum atomic E-state index is -0.654. The molecule has 0 radical (unpaired) electrons. The molecule has 0 aromatic rings. The van der Waals surface area contributed by atoms with Crippen molar-refractivity contribution in [2.24, 2.45) is 23.2 Å². The van der Waals surface area contributed by atoms with E-state index in [0.717, 1.165) is 56.1 Å². The van der Waals surface area contributed by atoms with Crippen LogP contribution in [0.2, 0.25) is 0 Å². The molecule has 10 aliphatic rings. The van der Waals surface area contributed by atoms with Gasteiger partial charge in [0.25, 0.3) is 0 Å². The van der Waals surface area contributed by atoms with E-state index in [0.29, 0.717) is 12.2 Å². The second kappa shape index (κ2) is 8.45. The lowest BCUT2D eigenvalue weighted by atomic mass is 9.46. The molecule has 2 spiro atoms. The number of hydrogen-bond acceptors (Lipinski definition) is 9. The first-order chi connectivity index (χ1) is 20.9. The first-order valence-corrected chi connectivity index (χ1v) is 16.7. The lowest BCUT2D eigenvalue weighted by Crippen LogP contribution is -2.69. The third-order valence-electron chi connectivity index (χ3n) is 13.7. The van der Waals surface area contributed by atoms with Gasteiger partial charge in [0.1, 0.15) is 48.3 Å². The van der Waals surface area contributed by atoms with E-state index < -0.39 is 22.9 Å². The summed E-state index contributed by atoms with van der Waals surface area (Å²) < 4.78 is 35.7. The summed E-state index contributed by atoms with van der Waals surface area (Å²) in [7, 11) is 0. The number of carbonyl (C=O) groups is 2. The smallest absolute Gasteiger partial charge is 0.334 e. The molecule has 9 nitrogen and oxygen atoms in total. The summed E-state index contributed by atoms with van der Waals surface area (Å²) in [6.45, 7) is 15.1. The van der Waals surface area contributed by atoms with Crippen LogP contribution in [0.4, 0.5) is 0 Å². The molecule has 2 saturated carbocycles. The van der Waals surface area contributed by atoms with Crippen molar-refractivity contribution in [3.8, 4) is 0 Å². The molecule has 44 heavy (non-hydrogen) atoms. The van der Waals surface area contributed by atoms with E-state index in [1.54, 1.807) is 0 Å². The van der Waals surface area contributed by atoms with Gasteiger partial charge in [0.05, 0.1) is 11.7 Å². The zero-order valence-corrected chi connectivity index (χ0v) is 26.4. The molecule has 4 aliphatic carbocycles. The average Bonchev–Trinajstić information content (AvgIpc) is 3.86. The van der Waals surface area contributed by atoms with Gasteiger partial charge >= 0.3 is 11.9 Å². The molecule has 13 atom stereocenters. The third-order valence-corrected chi connectivity index (χ3v) is 13.7. The number of cyclic esters (lactones) is 1. The number of epoxide rings is 4. The Labute approximate surface area is 258 Å². The van der Waals surface area contributed by atoms with Crippen LogP contribution >= 0.6 is 0 Å². The third kappa shape index (κ3) is 3.14. The van der Waals surface area contributed by atoms with Gasteiger partial charge in [0.15, 0.2) is 5.60 Å². The van der Waals surface area contributed by atoms with Gasteiger partial charge in [0.2, 0.25) is 0 Å². The fourth-order valence-electron chi connectivity index (χ4n) is 10.9. The Bertz CT molecular complexity index is 1460. The number of carbonyl (C=O) groups excluding carboxylic acids is 2. The number of esters is 2. The number of aliphatic hydroxyl groups excluding tert-OH is 1. The molecular formula is C35H44O9.